The van der Waals surface area contributed by atoms with Crippen molar-refractivity contribution in [3.8, 4) is 22.3 Å². The van der Waals surface area contributed by atoms with Crippen LogP contribution in [-0.2, 0) is 27.1 Å². The summed E-state index contributed by atoms with van der Waals surface area (Å²) in [4.78, 5) is 2.63. The van der Waals surface area contributed by atoms with Crippen molar-refractivity contribution in [1.82, 2.24) is 0 Å². The molecule has 4 heteroatoms. The minimum Gasteiger partial charge on any atom is -0.456 e. The van der Waals surface area contributed by atoms with E-state index in [1.807, 2.05) is 0 Å². The van der Waals surface area contributed by atoms with Crippen LogP contribution in [0.25, 0.3) is 44.2 Å². The summed E-state index contributed by atoms with van der Waals surface area (Å²) < 4.78 is 7.03. The van der Waals surface area contributed by atoms with Gasteiger partial charge in [-0.25, -0.2) is 0 Å². The molecular formula is C61H60BN2O. The molecule has 0 saturated carbocycles. The summed E-state index contributed by atoms with van der Waals surface area (Å²) in [5.74, 6) is 0. The molecule has 1 N–H and O–H groups in total. The number of hydrogen-bond acceptors (Lipinski definition) is 3. The molecule has 3 nitrogen and oxygen atoms in total. The van der Waals surface area contributed by atoms with Gasteiger partial charge in [0, 0.05) is 50.6 Å². The molecule has 0 spiro atoms. The van der Waals surface area contributed by atoms with Crippen molar-refractivity contribution in [3.63, 3.8) is 0 Å². The molecule has 3 heterocycles. The lowest BCUT2D eigenvalue weighted by molar-refractivity contribution is 0.331. The minimum atomic E-state index is -0.203. The maximum absolute atomic E-state index is 7.03. The summed E-state index contributed by atoms with van der Waals surface area (Å²) in [5.41, 5.74) is 23.7. The second-order valence-electron chi connectivity index (χ2n) is 23.0. The van der Waals surface area contributed by atoms with Crippen molar-refractivity contribution in [2.75, 3.05) is 10.2 Å². The number of benzene rings is 7. The van der Waals surface area contributed by atoms with Crippen molar-refractivity contribution in [3.05, 3.63) is 161 Å². The highest BCUT2D eigenvalue weighted by Crippen LogP contribution is 2.58. The summed E-state index contributed by atoms with van der Waals surface area (Å²) in [5, 5.41) is 6.36. The molecule has 2 aliphatic heterocycles. The van der Waals surface area contributed by atoms with Gasteiger partial charge in [0.05, 0.1) is 5.69 Å². The van der Waals surface area contributed by atoms with Crippen LogP contribution >= 0.6 is 0 Å². The molecule has 0 bridgehead atoms. The second kappa shape index (κ2) is 13.5. The molecule has 0 atom stereocenters. The molecule has 0 saturated heterocycles. The van der Waals surface area contributed by atoms with Gasteiger partial charge in [0.2, 0.25) is 0 Å². The van der Waals surface area contributed by atoms with Gasteiger partial charge in [-0.1, -0.05) is 160 Å². The molecule has 1 aromatic heterocycles. The Labute approximate surface area is 386 Å². The average Bonchev–Trinajstić information content (AvgIpc) is 3.66. The maximum atomic E-state index is 7.03. The smallest absolute Gasteiger partial charge is 0.197 e. The Kier molecular flexibility index (Phi) is 8.44. The van der Waals surface area contributed by atoms with Gasteiger partial charge in [-0.3, -0.25) is 0 Å². The number of nitrogens with zero attached hydrogens (tertiary/aromatic N) is 1. The lowest BCUT2D eigenvalue weighted by Gasteiger charge is -2.49. The second-order valence-corrected chi connectivity index (χ2v) is 23.0. The van der Waals surface area contributed by atoms with Gasteiger partial charge < -0.3 is 14.6 Å². The number of nitrogens with one attached hydrogen (secondary N) is 1. The van der Waals surface area contributed by atoms with E-state index in [1.165, 1.54) is 96.5 Å². The molecule has 0 fully saturated rings. The summed E-state index contributed by atoms with van der Waals surface area (Å²) in [7, 11) is 2.50. The molecule has 8 aromatic rings. The first kappa shape index (κ1) is 40.5. The van der Waals surface area contributed by atoms with Gasteiger partial charge >= 0.3 is 0 Å². The average molecular weight is 848 g/mol. The largest absolute Gasteiger partial charge is 0.456 e. The van der Waals surface area contributed by atoms with E-state index in [1.54, 1.807) is 0 Å². The van der Waals surface area contributed by atoms with Crippen LogP contribution in [0.3, 0.4) is 0 Å². The van der Waals surface area contributed by atoms with E-state index in [2.05, 4.69) is 214 Å². The van der Waals surface area contributed by atoms with E-state index in [9.17, 15) is 0 Å². The molecule has 7 aromatic carbocycles. The number of furan rings is 1. The van der Waals surface area contributed by atoms with Crippen LogP contribution in [0.5, 0.6) is 0 Å². The molecule has 65 heavy (non-hydrogen) atoms. The highest BCUT2D eigenvalue weighted by atomic mass is 16.3. The Hall–Kier alpha value is -6.00. The Morgan fingerprint density at radius 2 is 1.11 bits per heavy atom. The predicted molar refractivity (Wildman–Crippen MR) is 277 cm³/mol. The van der Waals surface area contributed by atoms with Crippen LogP contribution in [0.4, 0.5) is 28.4 Å². The highest BCUT2D eigenvalue weighted by molar-refractivity contribution is 6.74. The maximum Gasteiger partial charge on any atom is 0.197 e. The molecule has 12 rings (SSSR count). The van der Waals surface area contributed by atoms with Gasteiger partial charge in [-0.2, -0.15) is 0 Å². The van der Waals surface area contributed by atoms with Crippen molar-refractivity contribution in [1.29, 1.82) is 0 Å². The Balaban J connectivity index is 1.17. The van der Waals surface area contributed by atoms with Gasteiger partial charge in [0.25, 0.3) is 0 Å². The predicted octanol–water partition coefficient (Wildman–Crippen LogP) is 15.4. The SMILES string of the molecule is CC1(C)CCC(C)(C)c2cc(-c3c4c(cc5oc6ccccc6c35)N3c5cc6c(cc5C(C)(C)c5cccc(c53)[B]4)C(C)(C)CCC6(C)C)c(Nc3ccc(-c4ccccc4)cc3)cc21. The molecule has 323 valence electrons. The van der Waals surface area contributed by atoms with E-state index < -0.39 is 0 Å². The summed E-state index contributed by atoms with van der Waals surface area (Å²) in [6, 6.07) is 47.9. The van der Waals surface area contributed by atoms with Gasteiger partial charge in [0.1, 0.15) is 11.2 Å². The Bertz CT molecular complexity index is 3290. The third-order valence-corrected chi connectivity index (χ3v) is 16.6. The third kappa shape index (κ3) is 5.94. The fourth-order valence-electron chi connectivity index (χ4n) is 12.3. The molecule has 1 radical (unpaired) electrons. The number of fused-ring (bicyclic) bond motifs is 9. The summed E-state index contributed by atoms with van der Waals surface area (Å²) in [6.45, 7) is 24.5. The standard InChI is InChI=1S/C61H60BN2O/c1-57(2)27-29-59(5,6)44-33-48(63-38-25-23-37(24-26-38)36-17-12-11-13-18-36)40(31-42(44)57)54-53-39-19-14-15-22-51(39)65-52(53)35-50-55(54)62-47-21-16-20-41-56(47)64(50)49-34-45-43(32-46(49)61(41,9)10)58(3,4)28-30-60(45,7)8/h11-26,31-35,63H,27-30H2,1-10H3. The van der Waals surface area contributed by atoms with Crippen molar-refractivity contribution < 1.29 is 4.42 Å². The first-order valence-electron chi connectivity index (χ1n) is 24.0. The van der Waals surface area contributed by atoms with Crippen LogP contribution in [0, 0.1) is 0 Å². The normalized spacial score (nSPS) is 18.8. The summed E-state index contributed by atoms with van der Waals surface area (Å²) >= 11 is 0. The summed E-state index contributed by atoms with van der Waals surface area (Å²) in [6.07, 6.45) is 4.63. The molecular weight excluding hydrogens is 787 g/mol. The highest BCUT2D eigenvalue weighted by Gasteiger charge is 2.46. The zero-order valence-electron chi connectivity index (χ0n) is 39.9. The lowest BCUT2D eigenvalue weighted by atomic mass is 9.55. The van der Waals surface area contributed by atoms with Gasteiger partial charge in [0.15, 0.2) is 7.28 Å². The zero-order valence-corrected chi connectivity index (χ0v) is 39.9. The van der Waals surface area contributed by atoms with Crippen molar-refractivity contribution >= 4 is 68.6 Å². The minimum absolute atomic E-state index is 0.00413. The van der Waals surface area contributed by atoms with E-state index >= 15 is 0 Å². The van der Waals surface area contributed by atoms with E-state index in [0.29, 0.717) is 0 Å². The molecule has 0 unspecified atom stereocenters. The number of hydrogen-bond donors (Lipinski definition) is 1. The van der Waals surface area contributed by atoms with E-state index in [4.69, 9.17) is 4.42 Å². The monoisotopic (exact) mass is 847 g/mol. The van der Waals surface area contributed by atoms with Crippen molar-refractivity contribution in [2.45, 2.75) is 122 Å². The fourth-order valence-corrected chi connectivity index (χ4v) is 12.3. The lowest BCUT2D eigenvalue weighted by Crippen LogP contribution is -2.46. The Morgan fingerprint density at radius 1 is 0.508 bits per heavy atom. The van der Waals surface area contributed by atoms with Crippen molar-refractivity contribution in [2.24, 2.45) is 0 Å². The number of anilines is 5. The van der Waals surface area contributed by atoms with Gasteiger partial charge in [-0.05, 0) is 139 Å². The van der Waals surface area contributed by atoms with Crippen LogP contribution in [-0.4, -0.2) is 7.28 Å². The molecule has 0 amide bonds. The van der Waals surface area contributed by atoms with Crippen LogP contribution < -0.4 is 21.1 Å². The Morgan fingerprint density at radius 3 is 1.80 bits per heavy atom. The third-order valence-electron chi connectivity index (χ3n) is 16.6. The first-order chi connectivity index (χ1) is 30.9. The van der Waals surface area contributed by atoms with Gasteiger partial charge in [-0.15, -0.1) is 0 Å². The topological polar surface area (TPSA) is 28.4 Å². The molecule has 2 aliphatic carbocycles. The van der Waals surface area contributed by atoms with Crippen LogP contribution in [0.15, 0.2) is 132 Å². The fraction of sp³-hybridized carbons (Fsp3) is 0.311. The van der Waals surface area contributed by atoms with Crippen LogP contribution in [0.1, 0.15) is 128 Å². The number of rotatable bonds is 4. The zero-order chi connectivity index (χ0) is 45.0. The first-order valence-corrected chi connectivity index (χ1v) is 24.0. The van der Waals surface area contributed by atoms with E-state index in [0.717, 1.165) is 46.2 Å². The van der Waals surface area contributed by atoms with E-state index in [-0.39, 0.29) is 27.1 Å². The quantitative estimate of drug-likeness (QED) is 0.179. The number of para-hydroxylation sites is 2. The van der Waals surface area contributed by atoms with Crippen LogP contribution in [0.2, 0.25) is 0 Å². The molecule has 4 aliphatic rings.